The molecule has 0 heterocycles. The number of rotatable bonds is 5. The molecular weight excluding hydrogens is 253 g/mol. The Balaban J connectivity index is 3.06. The van der Waals surface area contributed by atoms with Crippen LogP contribution in [-0.2, 0) is 12.7 Å². The molecule has 0 radical (unpaired) electrons. The third-order valence-corrected chi connectivity index (χ3v) is 3.05. The molecule has 0 amide bonds. The molecule has 0 bridgehead atoms. The van der Waals surface area contributed by atoms with Gasteiger partial charge in [-0.3, -0.25) is 4.90 Å². The molecule has 0 saturated carbocycles. The van der Waals surface area contributed by atoms with Gasteiger partial charge in [-0.25, -0.2) is 0 Å². The van der Waals surface area contributed by atoms with Crippen LogP contribution in [0.25, 0.3) is 0 Å². The minimum Gasteiger partial charge on any atom is -0.399 e. The normalized spacial score (nSPS) is 12.4. The maximum absolute atomic E-state index is 13.0. The average Bonchev–Trinajstić information content (AvgIpc) is 2.29. The molecule has 0 fully saturated rings. The van der Waals surface area contributed by atoms with Gasteiger partial charge in [0.1, 0.15) is 0 Å². The Hall–Kier alpha value is -1.23. The van der Waals surface area contributed by atoms with Crippen molar-refractivity contribution in [1.82, 2.24) is 4.90 Å². The van der Waals surface area contributed by atoms with Crippen LogP contribution in [0.2, 0.25) is 0 Å². The lowest BCUT2D eigenvalue weighted by atomic mass is 10.0. The maximum atomic E-state index is 13.0. The largest absolute Gasteiger partial charge is 0.416 e. The molecule has 1 aromatic carbocycles. The van der Waals surface area contributed by atoms with E-state index in [0.29, 0.717) is 6.54 Å². The summed E-state index contributed by atoms with van der Waals surface area (Å²) < 4.78 is 39.0. The van der Waals surface area contributed by atoms with Gasteiger partial charge in [-0.1, -0.05) is 13.0 Å². The van der Waals surface area contributed by atoms with Gasteiger partial charge in [0, 0.05) is 18.3 Å². The van der Waals surface area contributed by atoms with Crippen molar-refractivity contribution in [3.05, 3.63) is 29.3 Å². The van der Waals surface area contributed by atoms with Crippen LogP contribution < -0.4 is 5.73 Å². The first-order chi connectivity index (χ1) is 8.75. The second-order valence-corrected chi connectivity index (χ2v) is 4.98. The predicted octanol–water partition coefficient (Wildman–Crippen LogP) is 3.91. The number of halogens is 3. The van der Waals surface area contributed by atoms with Crippen LogP contribution in [0, 0.1) is 0 Å². The second-order valence-electron chi connectivity index (χ2n) is 4.98. The Morgan fingerprint density at radius 3 is 2.37 bits per heavy atom. The molecule has 2 N–H and O–H groups in total. The fraction of sp³-hybridized carbons (Fsp3) is 0.571. The first-order valence-electron chi connectivity index (χ1n) is 6.45. The summed E-state index contributed by atoms with van der Waals surface area (Å²) >= 11 is 0. The van der Waals surface area contributed by atoms with Crippen molar-refractivity contribution in [3.63, 3.8) is 0 Å². The molecule has 2 nitrogen and oxygen atoms in total. The zero-order chi connectivity index (χ0) is 14.6. The Labute approximate surface area is 112 Å². The van der Waals surface area contributed by atoms with Crippen molar-refractivity contribution in [2.24, 2.45) is 0 Å². The summed E-state index contributed by atoms with van der Waals surface area (Å²) in [5, 5.41) is 0. The van der Waals surface area contributed by atoms with Crippen molar-refractivity contribution >= 4 is 5.69 Å². The van der Waals surface area contributed by atoms with E-state index in [1.165, 1.54) is 12.1 Å². The zero-order valence-electron chi connectivity index (χ0n) is 11.6. The molecule has 0 saturated heterocycles. The lowest BCUT2D eigenvalue weighted by molar-refractivity contribution is -0.138. The quantitative estimate of drug-likeness (QED) is 0.825. The highest BCUT2D eigenvalue weighted by molar-refractivity contribution is 5.46. The van der Waals surface area contributed by atoms with Gasteiger partial charge in [-0.2, -0.15) is 13.2 Å². The van der Waals surface area contributed by atoms with Gasteiger partial charge in [0.15, 0.2) is 0 Å². The van der Waals surface area contributed by atoms with Gasteiger partial charge in [0.25, 0.3) is 0 Å². The van der Waals surface area contributed by atoms with Crippen LogP contribution in [0.4, 0.5) is 18.9 Å². The van der Waals surface area contributed by atoms with Crippen LogP contribution >= 0.6 is 0 Å². The van der Waals surface area contributed by atoms with E-state index in [4.69, 9.17) is 5.73 Å². The second kappa shape index (κ2) is 6.28. The number of nitrogen functional groups attached to an aromatic ring is 1. The summed E-state index contributed by atoms with van der Waals surface area (Å²) in [7, 11) is 0. The minimum absolute atomic E-state index is 0.141. The Kier molecular flexibility index (Phi) is 5.23. The average molecular weight is 274 g/mol. The number of hydrogen-bond donors (Lipinski definition) is 1. The van der Waals surface area contributed by atoms with Gasteiger partial charge in [-0.05, 0) is 44.5 Å². The van der Waals surface area contributed by atoms with Crippen molar-refractivity contribution in [1.29, 1.82) is 0 Å². The van der Waals surface area contributed by atoms with E-state index >= 15 is 0 Å². The summed E-state index contributed by atoms with van der Waals surface area (Å²) in [4.78, 5) is 2.03. The Bertz CT molecular complexity index is 414. The Morgan fingerprint density at radius 1 is 1.26 bits per heavy atom. The van der Waals surface area contributed by atoms with Crippen LogP contribution in [-0.4, -0.2) is 17.5 Å². The highest BCUT2D eigenvalue weighted by Crippen LogP contribution is 2.34. The number of benzene rings is 1. The monoisotopic (exact) mass is 274 g/mol. The van der Waals surface area contributed by atoms with Gasteiger partial charge in [0.2, 0.25) is 0 Å². The lowest BCUT2D eigenvalue weighted by Gasteiger charge is -2.27. The summed E-state index contributed by atoms with van der Waals surface area (Å²) in [6.07, 6.45) is -3.45. The molecule has 0 aliphatic heterocycles. The van der Waals surface area contributed by atoms with Gasteiger partial charge < -0.3 is 5.73 Å². The van der Waals surface area contributed by atoms with Crippen molar-refractivity contribution in [2.75, 3.05) is 12.3 Å². The molecule has 0 aromatic heterocycles. The van der Waals surface area contributed by atoms with Gasteiger partial charge in [0.05, 0.1) is 5.56 Å². The standard InChI is InChI=1S/C14H21F3N2/c1-4-7-19(10(2)3)9-11-5-6-12(18)8-13(11)14(15,16)17/h5-6,8,10H,4,7,9,18H2,1-3H3. The summed E-state index contributed by atoms with van der Waals surface area (Å²) in [6.45, 7) is 7.06. The van der Waals surface area contributed by atoms with E-state index in [1.54, 1.807) is 0 Å². The highest BCUT2D eigenvalue weighted by atomic mass is 19.4. The number of alkyl halides is 3. The molecule has 19 heavy (non-hydrogen) atoms. The van der Waals surface area contributed by atoms with E-state index in [9.17, 15) is 13.2 Å². The molecule has 0 unspecified atom stereocenters. The SMILES string of the molecule is CCCN(Cc1ccc(N)cc1C(F)(F)F)C(C)C. The third-order valence-electron chi connectivity index (χ3n) is 3.05. The Morgan fingerprint density at radius 2 is 1.89 bits per heavy atom. The zero-order valence-corrected chi connectivity index (χ0v) is 11.6. The molecule has 1 rings (SSSR count). The van der Waals surface area contributed by atoms with Crippen molar-refractivity contribution in [3.8, 4) is 0 Å². The molecule has 0 spiro atoms. The first-order valence-corrected chi connectivity index (χ1v) is 6.45. The molecule has 5 heteroatoms. The molecule has 0 atom stereocenters. The van der Waals surface area contributed by atoms with Crippen molar-refractivity contribution in [2.45, 2.75) is 46.0 Å². The van der Waals surface area contributed by atoms with Crippen LogP contribution in [0.1, 0.15) is 38.3 Å². The van der Waals surface area contributed by atoms with E-state index in [1.807, 2.05) is 25.7 Å². The fourth-order valence-corrected chi connectivity index (χ4v) is 2.02. The third kappa shape index (κ3) is 4.42. The summed E-state index contributed by atoms with van der Waals surface area (Å²) in [6, 6.07) is 4.22. The van der Waals surface area contributed by atoms with Crippen LogP contribution in [0.15, 0.2) is 18.2 Å². The van der Waals surface area contributed by atoms with E-state index < -0.39 is 11.7 Å². The highest BCUT2D eigenvalue weighted by Gasteiger charge is 2.33. The van der Waals surface area contributed by atoms with Crippen LogP contribution in [0.3, 0.4) is 0 Å². The number of hydrogen-bond acceptors (Lipinski definition) is 2. The van der Waals surface area contributed by atoms with Crippen LogP contribution in [0.5, 0.6) is 0 Å². The van der Waals surface area contributed by atoms with Gasteiger partial charge in [-0.15, -0.1) is 0 Å². The number of nitrogens with two attached hydrogens (primary N) is 1. The van der Waals surface area contributed by atoms with E-state index in [0.717, 1.165) is 19.0 Å². The summed E-state index contributed by atoms with van der Waals surface area (Å²) in [5.41, 5.74) is 5.25. The number of nitrogens with zero attached hydrogens (tertiary/aromatic N) is 1. The molecule has 0 aliphatic rings. The molecule has 1 aromatic rings. The van der Waals surface area contributed by atoms with Crippen molar-refractivity contribution < 1.29 is 13.2 Å². The topological polar surface area (TPSA) is 29.3 Å². The lowest BCUT2D eigenvalue weighted by Crippen LogP contribution is -2.32. The number of anilines is 1. The van der Waals surface area contributed by atoms with E-state index in [2.05, 4.69) is 0 Å². The summed E-state index contributed by atoms with van der Waals surface area (Å²) in [5.74, 6) is 0. The van der Waals surface area contributed by atoms with E-state index in [-0.39, 0.29) is 17.3 Å². The molecule has 0 aliphatic carbocycles. The smallest absolute Gasteiger partial charge is 0.399 e. The van der Waals surface area contributed by atoms with Gasteiger partial charge >= 0.3 is 6.18 Å². The fourth-order valence-electron chi connectivity index (χ4n) is 2.02. The first kappa shape index (κ1) is 15.8. The maximum Gasteiger partial charge on any atom is 0.416 e. The predicted molar refractivity (Wildman–Crippen MR) is 71.7 cm³/mol. The molecular formula is C14H21F3N2. The minimum atomic E-state index is -4.36. The molecule has 108 valence electrons.